The van der Waals surface area contributed by atoms with Crippen molar-refractivity contribution in [1.29, 1.82) is 0 Å². The van der Waals surface area contributed by atoms with E-state index in [-0.39, 0.29) is 29.2 Å². The monoisotopic (exact) mass is 935 g/mol. The Kier molecular flexibility index (Phi) is 13.0. The van der Waals surface area contributed by atoms with E-state index in [2.05, 4.69) is 68.7 Å². The van der Waals surface area contributed by atoms with E-state index in [1.807, 2.05) is 18.2 Å². The minimum Gasteiger partial charge on any atom is -0.494 e. The van der Waals surface area contributed by atoms with Gasteiger partial charge in [0, 0.05) is 87.7 Å². The molecule has 4 aliphatic heterocycles. The van der Waals surface area contributed by atoms with E-state index < -0.39 is 19.5 Å². The molecule has 5 heterocycles. The molecular formula is C42H48BrClN9O7P. The van der Waals surface area contributed by atoms with Crippen molar-refractivity contribution < 1.29 is 32.7 Å². The number of amides is 3. The summed E-state index contributed by atoms with van der Waals surface area (Å²) in [5.74, 6) is 0.376. The van der Waals surface area contributed by atoms with Crippen molar-refractivity contribution in [3.63, 3.8) is 0 Å². The lowest BCUT2D eigenvalue weighted by Gasteiger charge is -2.43. The molecule has 3 aromatic carbocycles. The first kappa shape index (κ1) is 43.1. The summed E-state index contributed by atoms with van der Waals surface area (Å²) in [6, 6.07) is 16.9. The zero-order valence-electron chi connectivity index (χ0n) is 34.2. The zero-order valence-corrected chi connectivity index (χ0v) is 37.4. The molecule has 3 amide bonds. The van der Waals surface area contributed by atoms with E-state index in [0.717, 1.165) is 79.9 Å². The molecule has 1 aromatic heterocycles. The van der Waals surface area contributed by atoms with E-state index in [4.69, 9.17) is 25.4 Å². The van der Waals surface area contributed by atoms with Crippen LogP contribution in [0.4, 0.5) is 28.8 Å². The first-order valence-corrected chi connectivity index (χ1v) is 22.9. The molecule has 0 radical (unpaired) electrons. The number of hydrogen-bond donors (Lipinski definition) is 3. The number of hydrogen-bond acceptors (Lipinski definition) is 14. The molecule has 0 saturated carbocycles. The number of halogens is 2. The molecule has 0 bridgehead atoms. The summed E-state index contributed by atoms with van der Waals surface area (Å²) < 4.78 is 30.4. The highest BCUT2D eigenvalue weighted by molar-refractivity contribution is 9.10. The number of piperidine rings is 2. The van der Waals surface area contributed by atoms with Crippen LogP contribution in [0.2, 0.25) is 5.02 Å². The molecule has 3 saturated heterocycles. The van der Waals surface area contributed by atoms with Crippen LogP contribution in [0.1, 0.15) is 47.2 Å². The van der Waals surface area contributed by atoms with Gasteiger partial charge in [0.2, 0.25) is 17.8 Å². The predicted molar refractivity (Wildman–Crippen MR) is 237 cm³/mol. The Labute approximate surface area is 367 Å². The summed E-state index contributed by atoms with van der Waals surface area (Å²) in [4.78, 5) is 55.5. The maximum absolute atomic E-state index is 13.3. The number of carbonyl (C=O) groups is 3. The van der Waals surface area contributed by atoms with Crippen molar-refractivity contribution in [2.45, 2.75) is 50.9 Å². The Morgan fingerprint density at radius 1 is 0.918 bits per heavy atom. The molecule has 0 aliphatic carbocycles. The Hall–Kier alpha value is -4.61. The molecule has 16 nitrogen and oxygen atoms in total. The van der Waals surface area contributed by atoms with E-state index >= 15 is 0 Å². The van der Waals surface area contributed by atoms with Gasteiger partial charge in [0.05, 0.1) is 30.0 Å². The molecule has 322 valence electrons. The first-order valence-electron chi connectivity index (χ1n) is 20.2. The molecule has 4 aliphatic rings. The van der Waals surface area contributed by atoms with Crippen LogP contribution in [0, 0.1) is 0 Å². The highest BCUT2D eigenvalue weighted by atomic mass is 79.9. The second kappa shape index (κ2) is 18.4. The van der Waals surface area contributed by atoms with E-state index in [0.29, 0.717) is 52.8 Å². The molecule has 3 N–H and O–H groups in total. The van der Waals surface area contributed by atoms with Crippen LogP contribution in [0.3, 0.4) is 0 Å². The number of likely N-dealkylation sites (tertiary alicyclic amines) is 1. The van der Waals surface area contributed by atoms with Gasteiger partial charge in [0.25, 0.3) is 5.91 Å². The number of fused-ring (bicyclic) bond motifs is 1. The standard InChI is InChI=1S/C42H48BrClN9O7P/c1-58-36-21-29(8-9-33(36)47-42-45-23-32(44)39(49-42)46-34-6-4-5-7-37(34)61(57,59-2)60-3)52-18-16-51(17-19-52)28-12-14-50(15-13-28)24-27-20-26-25-53(41(56)30(26)22-31(27)43)35-10-11-38(54)48-40(35)55/h4-9,20-23,28,35H,10-19,24-25H2,1-3H3,(H,48,54,55)(H2,45,46,47,49). The van der Waals surface area contributed by atoms with Gasteiger partial charge in [0.1, 0.15) is 16.8 Å². The Morgan fingerprint density at radius 3 is 2.39 bits per heavy atom. The minimum absolute atomic E-state index is 0.163. The number of methoxy groups -OCH3 is 1. The van der Waals surface area contributed by atoms with Crippen LogP contribution in [-0.2, 0) is 36.3 Å². The topological polar surface area (TPSA) is 171 Å². The van der Waals surface area contributed by atoms with Gasteiger partial charge in [0.15, 0.2) is 5.82 Å². The van der Waals surface area contributed by atoms with Crippen molar-refractivity contribution in [2.24, 2.45) is 0 Å². The number of anilines is 5. The van der Waals surface area contributed by atoms with Gasteiger partial charge in [-0.3, -0.25) is 34.1 Å². The predicted octanol–water partition coefficient (Wildman–Crippen LogP) is 6.05. The van der Waals surface area contributed by atoms with E-state index in [9.17, 15) is 18.9 Å². The van der Waals surface area contributed by atoms with Gasteiger partial charge in [-0.2, -0.15) is 4.98 Å². The number of imide groups is 1. The summed E-state index contributed by atoms with van der Waals surface area (Å²) in [5.41, 5.74) is 4.88. The van der Waals surface area contributed by atoms with Gasteiger partial charge in [-0.25, -0.2) is 4.98 Å². The number of aromatic nitrogens is 2. The van der Waals surface area contributed by atoms with E-state index in [1.165, 1.54) is 20.4 Å². The highest BCUT2D eigenvalue weighted by Crippen LogP contribution is 2.47. The summed E-state index contributed by atoms with van der Waals surface area (Å²) in [6.07, 6.45) is 4.23. The average molecular weight is 937 g/mol. The highest BCUT2D eigenvalue weighted by Gasteiger charge is 2.40. The van der Waals surface area contributed by atoms with Gasteiger partial charge >= 0.3 is 7.60 Å². The molecule has 3 fully saturated rings. The van der Waals surface area contributed by atoms with Crippen LogP contribution in [0.5, 0.6) is 5.75 Å². The van der Waals surface area contributed by atoms with Gasteiger partial charge < -0.3 is 34.2 Å². The Balaban J connectivity index is 0.838. The quantitative estimate of drug-likeness (QED) is 0.105. The van der Waals surface area contributed by atoms with Crippen molar-refractivity contribution >= 4 is 87.0 Å². The second-order valence-corrected chi connectivity index (χ2v) is 18.9. The lowest BCUT2D eigenvalue weighted by atomic mass is 10.0. The fourth-order valence-corrected chi connectivity index (χ4v) is 10.5. The molecule has 1 atom stereocenters. The van der Waals surface area contributed by atoms with Gasteiger partial charge in [-0.1, -0.05) is 45.7 Å². The van der Waals surface area contributed by atoms with Crippen molar-refractivity contribution in [3.8, 4) is 5.75 Å². The lowest BCUT2D eigenvalue weighted by Crippen LogP contribution is -2.53. The van der Waals surface area contributed by atoms with E-state index in [1.54, 1.807) is 36.3 Å². The van der Waals surface area contributed by atoms with Crippen LogP contribution < -0.4 is 30.9 Å². The third-order valence-electron chi connectivity index (χ3n) is 11.9. The van der Waals surface area contributed by atoms with Crippen molar-refractivity contribution in [3.05, 3.63) is 87.0 Å². The molecule has 8 rings (SSSR count). The van der Waals surface area contributed by atoms with Crippen LogP contribution in [-0.4, -0.2) is 115 Å². The number of nitrogens with one attached hydrogen (secondary N) is 3. The maximum atomic E-state index is 13.3. The first-order chi connectivity index (χ1) is 29.5. The summed E-state index contributed by atoms with van der Waals surface area (Å²) in [6.45, 7) is 6.81. The summed E-state index contributed by atoms with van der Waals surface area (Å²) in [5, 5.41) is 9.39. The number of rotatable bonds is 13. The molecule has 0 spiro atoms. The second-order valence-electron chi connectivity index (χ2n) is 15.4. The molecule has 1 unspecified atom stereocenters. The minimum atomic E-state index is -3.57. The van der Waals surface area contributed by atoms with Crippen molar-refractivity contribution in [2.75, 3.05) is 76.1 Å². The fourth-order valence-electron chi connectivity index (χ4n) is 8.62. The SMILES string of the molecule is COc1cc(N2CCN(C3CCN(Cc4cc5c(cc4Br)C(=O)N(C4CCC(=O)NC4=O)C5)CC3)CC2)ccc1Nc1ncc(Cl)c(Nc2ccccc2P(=O)(OC)OC)n1. The smallest absolute Gasteiger partial charge is 0.362 e. The molecule has 19 heteroatoms. The third-order valence-corrected chi connectivity index (χ3v) is 14.9. The normalized spacial score (nSPS) is 19.2. The number of nitrogens with zero attached hydrogens (tertiary/aromatic N) is 6. The van der Waals surface area contributed by atoms with Crippen molar-refractivity contribution in [1.82, 2.24) is 30.0 Å². The average Bonchev–Trinajstić information content (AvgIpc) is 3.58. The number of para-hydroxylation sites is 1. The molecule has 4 aromatic rings. The fraction of sp³-hybridized carbons (Fsp3) is 0.405. The summed E-state index contributed by atoms with van der Waals surface area (Å²) in [7, 11) is 0.731. The molecule has 61 heavy (non-hydrogen) atoms. The Morgan fingerprint density at radius 2 is 1.67 bits per heavy atom. The van der Waals surface area contributed by atoms with Gasteiger partial charge in [-0.15, -0.1) is 0 Å². The third kappa shape index (κ3) is 9.15. The summed E-state index contributed by atoms with van der Waals surface area (Å²) >= 11 is 10.2. The zero-order chi connectivity index (χ0) is 42.8. The maximum Gasteiger partial charge on any atom is 0.362 e. The molecular weight excluding hydrogens is 889 g/mol. The number of ether oxygens (including phenoxy) is 1. The van der Waals surface area contributed by atoms with Gasteiger partial charge in [-0.05, 0) is 73.8 Å². The van der Waals surface area contributed by atoms with Crippen LogP contribution >= 0.6 is 35.1 Å². The number of piperazine rings is 1. The largest absolute Gasteiger partial charge is 0.494 e. The number of carbonyl (C=O) groups excluding carboxylic acids is 3. The van der Waals surface area contributed by atoms with Crippen LogP contribution in [0.15, 0.2) is 65.3 Å². The van der Waals surface area contributed by atoms with Crippen LogP contribution in [0.25, 0.3) is 0 Å². The lowest BCUT2D eigenvalue weighted by molar-refractivity contribution is -0.136. The Bertz CT molecular complexity index is 2370. The number of benzene rings is 3.